The predicted molar refractivity (Wildman–Crippen MR) is 68.7 cm³/mol. The van der Waals surface area contributed by atoms with Crippen molar-refractivity contribution in [1.29, 1.82) is 0 Å². The number of nitrogens with one attached hydrogen (secondary N) is 1. The molecule has 0 bridgehead atoms. The molecule has 1 aromatic heterocycles. The minimum absolute atomic E-state index is 0.365. The van der Waals surface area contributed by atoms with Crippen molar-refractivity contribution in [2.24, 2.45) is 5.92 Å². The molecular formula is C13H19N3O3. The average Bonchev–Trinajstić information content (AvgIpc) is 3.05. The second-order valence-electron chi connectivity index (χ2n) is 5.04. The molecule has 0 spiro atoms. The Hall–Kier alpha value is -1.85. The van der Waals surface area contributed by atoms with Gasteiger partial charge in [-0.2, -0.15) is 5.10 Å². The summed E-state index contributed by atoms with van der Waals surface area (Å²) >= 11 is 0. The smallest absolute Gasteiger partial charge is 0.326 e. The van der Waals surface area contributed by atoms with Crippen molar-refractivity contribution in [1.82, 2.24) is 15.1 Å². The van der Waals surface area contributed by atoms with Crippen LogP contribution in [0.5, 0.6) is 0 Å². The van der Waals surface area contributed by atoms with Gasteiger partial charge in [-0.15, -0.1) is 0 Å². The lowest BCUT2D eigenvalue weighted by Crippen LogP contribution is -2.41. The molecule has 1 aliphatic rings. The summed E-state index contributed by atoms with van der Waals surface area (Å²) in [6, 6.07) is -0.797. The van der Waals surface area contributed by atoms with Crippen molar-refractivity contribution in [2.45, 2.75) is 45.2 Å². The molecule has 0 aliphatic heterocycles. The van der Waals surface area contributed by atoms with Crippen LogP contribution in [0.3, 0.4) is 0 Å². The van der Waals surface area contributed by atoms with Crippen LogP contribution < -0.4 is 5.32 Å². The van der Waals surface area contributed by atoms with E-state index in [1.165, 1.54) is 6.20 Å². The predicted octanol–water partition coefficient (Wildman–Crippen LogP) is 1.28. The number of carboxylic acid groups (broad SMARTS) is 1. The second kappa shape index (κ2) is 5.86. The Morgan fingerprint density at radius 1 is 1.58 bits per heavy atom. The topological polar surface area (TPSA) is 84.2 Å². The van der Waals surface area contributed by atoms with Gasteiger partial charge < -0.3 is 10.4 Å². The first-order chi connectivity index (χ1) is 9.10. The summed E-state index contributed by atoms with van der Waals surface area (Å²) in [5.41, 5.74) is 0.412. The van der Waals surface area contributed by atoms with Crippen molar-refractivity contribution in [2.75, 3.05) is 0 Å². The molecule has 1 unspecified atom stereocenters. The first-order valence-corrected chi connectivity index (χ1v) is 6.66. The van der Waals surface area contributed by atoms with E-state index in [0.29, 0.717) is 17.9 Å². The first kappa shape index (κ1) is 13.6. The molecular weight excluding hydrogens is 246 g/mol. The van der Waals surface area contributed by atoms with Gasteiger partial charge in [0.25, 0.3) is 5.91 Å². The molecule has 1 aliphatic carbocycles. The van der Waals surface area contributed by atoms with E-state index in [1.54, 1.807) is 10.9 Å². The molecule has 1 heterocycles. The van der Waals surface area contributed by atoms with E-state index in [4.69, 9.17) is 5.11 Å². The quantitative estimate of drug-likeness (QED) is 0.777. The fraction of sp³-hybridized carbons (Fsp3) is 0.615. The molecule has 6 heteroatoms. The maximum atomic E-state index is 12.0. The Bertz CT molecular complexity index is 465. The van der Waals surface area contributed by atoms with Crippen molar-refractivity contribution in [3.63, 3.8) is 0 Å². The SMILES string of the molecule is CCCn1cc(C(=O)NC(CC2CC2)C(=O)O)cn1. The number of carbonyl (C=O) groups is 2. The van der Waals surface area contributed by atoms with E-state index in [9.17, 15) is 9.59 Å². The number of aromatic nitrogens is 2. The number of hydrogen-bond acceptors (Lipinski definition) is 3. The van der Waals surface area contributed by atoms with E-state index in [0.717, 1.165) is 25.8 Å². The third-order valence-electron chi connectivity index (χ3n) is 3.22. The van der Waals surface area contributed by atoms with E-state index in [2.05, 4.69) is 10.4 Å². The van der Waals surface area contributed by atoms with Gasteiger partial charge in [0.05, 0.1) is 11.8 Å². The van der Waals surface area contributed by atoms with Crippen LogP contribution in [0.1, 0.15) is 43.0 Å². The first-order valence-electron chi connectivity index (χ1n) is 6.66. The normalized spacial score (nSPS) is 16.1. The molecule has 1 aromatic rings. The summed E-state index contributed by atoms with van der Waals surface area (Å²) in [5.74, 6) is -0.888. The number of aryl methyl sites for hydroxylation is 1. The van der Waals surface area contributed by atoms with Gasteiger partial charge in [-0.1, -0.05) is 19.8 Å². The molecule has 2 rings (SSSR count). The minimum atomic E-state index is -0.971. The van der Waals surface area contributed by atoms with Gasteiger partial charge in [-0.3, -0.25) is 9.48 Å². The Balaban J connectivity index is 1.94. The summed E-state index contributed by atoms with van der Waals surface area (Å²) < 4.78 is 1.69. The Morgan fingerprint density at radius 3 is 2.89 bits per heavy atom. The molecule has 1 amide bonds. The number of hydrogen-bond donors (Lipinski definition) is 2. The third kappa shape index (κ3) is 3.81. The Morgan fingerprint density at radius 2 is 2.32 bits per heavy atom. The van der Waals surface area contributed by atoms with Crippen LogP contribution in [-0.4, -0.2) is 32.8 Å². The van der Waals surface area contributed by atoms with Crippen molar-refractivity contribution in [3.05, 3.63) is 18.0 Å². The number of rotatable bonds is 7. The highest BCUT2D eigenvalue weighted by atomic mass is 16.4. The van der Waals surface area contributed by atoms with E-state index in [1.807, 2.05) is 6.92 Å². The van der Waals surface area contributed by atoms with Crippen LogP contribution in [0, 0.1) is 5.92 Å². The highest BCUT2D eigenvalue weighted by molar-refractivity contribution is 5.96. The Kier molecular flexibility index (Phi) is 4.19. The molecule has 2 N–H and O–H groups in total. The zero-order valence-corrected chi connectivity index (χ0v) is 11.0. The van der Waals surface area contributed by atoms with Gasteiger partial charge in [0.15, 0.2) is 0 Å². The van der Waals surface area contributed by atoms with Crippen molar-refractivity contribution in [3.8, 4) is 0 Å². The number of carbonyl (C=O) groups excluding carboxylic acids is 1. The van der Waals surface area contributed by atoms with Crippen molar-refractivity contribution < 1.29 is 14.7 Å². The van der Waals surface area contributed by atoms with Crippen LogP contribution >= 0.6 is 0 Å². The van der Waals surface area contributed by atoms with Crippen LogP contribution in [0.2, 0.25) is 0 Å². The van der Waals surface area contributed by atoms with Gasteiger partial charge >= 0.3 is 5.97 Å². The zero-order chi connectivity index (χ0) is 13.8. The maximum Gasteiger partial charge on any atom is 0.326 e. The van der Waals surface area contributed by atoms with Gasteiger partial charge in [0, 0.05) is 12.7 Å². The maximum absolute atomic E-state index is 12.0. The van der Waals surface area contributed by atoms with Crippen LogP contribution in [0.4, 0.5) is 0 Å². The van der Waals surface area contributed by atoms with Crippen LogP contribution in [0.25, 0.3) is 0 Å². The lowest BCUT2D eigenvalue weighted by molar-refractivity contribution is -0.139. The molecule has 19 heavy (non-hydrogen) atoms. The molecule has 1 fully saturated rings. The fourth-order valence-corrected chi connectivity index (χ4v) is 1.98. The van der Waals surface area contributed by atoms with Gasteiger partial charge in [0.1, 0.15) is 6.04 Å². The Labute approximate surface area is 111 Å². The minimum Gasteiger partial charge on any atom is -0.480 e. The monoisotopic (exact) mass is 265 g/mol. The highest BCUT2D eigenvalue weighted by Crippen LogP contribution is 2.33. The lowest BCUT2D eigenvalue weighted by Gasteiger charge is -2.13. The fourth-order valence-electron chi connectivity index (χ4n) is 1.98. The lowest BCUT2D eigenvalue weighted by atomic mass is 10.1. The van der Waals surface area contributed by atoms with Gasteiger partial charge in [-0.25, -0.2) is 4.79 Å². The van der Waals surface area contributed by atoms with Gasteiger partial charge in [0.2, 0.25) is 0 Å². The van der Waals surface area contributed by atoms with Crippen LogP contribution in [-0.2, 0) is 11.3 Å². The summed E-state index contributed by atoms with van der Waals surface area (Å²) in [7, 11) is 0. The summed E-state index contributed by atoms with van der Waals surface area (Å²) in [6.45, 7) is 2.77. The number of amides is 1. The summed E-state index contributed by atoms with van der Waals surface area (Å²) in [6.07, 6.45) is 6.70. The average molecular weight is 265 g/mol. The van der Waals surface area contributed by atoms with Gasteiger partial charge in [-0.05, 0) is 18.8 Å². The molecule has 1 saturated carbocycles. The zero-order valence-electron chi connectivity index (χ0n) is 11.0. The summed E-state index contributed by atoms with van der Waals surface area (Å²) in [5, 5.41) is 15.7. The molecule has 0 radical (unpaired) electrons. The largest absolute Gasteiger partial charge is 0.480 e. The number of carboxylic acids is 1. The molecule has 0 aromatic carbocycles. The number of nitrogens with zero attached hydrogens (tertiary/aromatic N) is 2. The van der Waals surface area contributed by atoms with E-state index in [-0.39, 0.29) is 5.91 Å². The van der Waals surface area contributed by atoms with Crippen molar-refractivity contribution >= 4 is 11.9 Å². The molecule has 6 nitrogen and oxygen atoms in total. The highest BCUT2D eigenvalue weighted by Gasteiger charge is 2.30. The third-order valence-corrected chi connectivity index (χ3v) is 3.22. The summed E-state index contributed by atoms with van der Waals surface area (Å²) in [4.78, 5) is 23.1. The van der Waals surface area contributed by atoms with E-state index >= 15 is 0 Å². The second-order valence-corrected chi connectivity index (χ2v) is 5.04. The standard InChI is InChI=1S/C13H19N3O3/c1-2-5-16-8-10(7-14-16)12(17)15-11(13(18)19)6-9-3-4-9/h7-9,11H,2-6H2,1H3,(H,15,17)(H,18,19). The number of aliphatic carboxylic acids is 1. The van der Waals surface area contributed by atoms with E-state index < -0.39 is 12.0 Å². The van der Waals surface area contributed by atoms with Crippen LogP contribution in [0.15, 0.2) is 12.4 Å². The molecule has 104 valence electrons. The molecule has 0 saturated heterocycles. The molecule has 1 atom stereocenters.